The number of fused-ring (bicyclic) bond motifs is 1. The molecule has 0 amide bonds. The van der Waals surface area contributed by atoms with Gasteiger partial charge in [-0.15, -0.1) is 11.3 Å². The van der Waals surface area contributed by atoms with Crippen LogP contribution in [0.5, 0.6) is 0 Å². The fourth-order valence-corrected chi connectivity index (χ4v) is 3.24. The molecule has 0 spiro atoms. The molecular formula is C14H19NOS. The van der Waals surface area contributed by atoms with E-state index in [1.165, 1.54) is 4.70 Å². The van der Waals surface area contributed by atoms with Gasteiger partial charge in [-0.1, -0.05) is 26.0 Å². The molecular weight excluding hydrogens is 230 g/mol. The van der Waals surface area contributed by atoms with Gasteiger partial charge in [-0.2, -0.15) is 0 Å². The highest BCUT2D eigenvalue weighted by Crippen LogP contribution is 2.33. The van der Waals surface area contributed by atoms with E-state index in [0.717, 1.165) is 29.8 Å². The van der Waals surface area contributed by atoms with E-state index >= 15 is 0 Å². The predicted molar refractivity (Wildman–Crippen MR) is 73.4 cm³/mol. The third-order valence-electron chi connectivity index (χ3n) is 3.70. The van der Waals surface area contributed by atoms with Gasteiger partial charge in [-0.3, -0.25) is 0 Å². The second-order valence-corrected chi connectivity index (χ2v) is 5.73. The molecule has 1 heterocycles. The van der Waals surface area contributed by atoms with Crippen molar-refractivity contribution in [2.45, 2.75) is 33.1 Å². The minimum Gasteiger partial charge on any atom is -0.396 e. The number of rotatable bonds is 5. The molecule has 0 saturated carbocycles. The molecule has 2 nitrogen and oxygen atoms in total. The average Bonchev–Trinajstić information content (AvgIpc) is 2.78. The Morgan fingerprint density at radius 3 is 2.53 bits per heavy atom. The number of aromatic nitrogens is 1. The second kappa shape index (κ2) is 5.15. The van der Waals surface area contributed by atoms with Crippen molar-refractivity contribution in [2.24, 2.45) is 5.41 Å². The zero-order chi connectivity index (χ0) is 12.3. The predicted octanol–water partition coefficient (Wildman–Crippen LogP) is 3.64. The van der Waals surface area contributed by atoms with Gasteiger partial charge in [-0.05, 0) is 30.4 Å². The zero-order valence-electron chi connectivity index (χ0n) is 10.4. The summed E-state index contributed by atoms with van der Waals surface area (Å²) >= 11 is 1.75. The van der Waals surface area contributed by atoms with Crippen LogP contribution < -0.4 is 0 Å². The molecule has 1 aromatic carbocycles. The van der Waals surface area contributed by atoms with E-state index in [4.69, 9.17) is 0 Å². The van der Waals surface area contributed by atoms with Gasteiger partial charge >= 0.3 is 0 Å². The number of benzene rings is 1. The number of thiazole rings is 1. The molecule has 92 valence electrons. The Hall–Kier alpha value is -0.930. The number of aliphatic hydroxyl groups excluding tert-OH is 1. The first-order valence-electron chi connectivity index (χ1n) is 6.18. The lowest BCUT2D eigenvalue weighted by Gasteiger charge is -2.28. The standard InChI is InChI=1S/C14H19NOS/c1-3-14(4-2,10-16)9-13-15-11-7-5-6-8-12(11)17-13/h5-8,16H,3-4,9-10H2,1-2H3. The van der Waals surface area contributed by atoms with Crippen LogP contribution in [0, 0.1) is 5.41 Å². The fraction of sp³-hybridized carbons (Fsp3) is 0.500. The molecule has 0 aliphatic carbocycles. The molecule has 17 heavy (non-hydrogen) atoms. The largest absolute Gasteiger partial charge is 0.396 e. The van der Waals surface area contributed by atoms with Crippen LogP contribution >= 0.6 is 11.3 Å². The molecule has 0 radical (unpaired) electrons. The Bertz CT molecular complexity index is 446. The third kappa shape index (κ3) is 2.50. The van der Waals surface area contributed by atoms with Crippen LogP contribution in [0.1, 0.15) is 31.7 Å². The highest BCUT2D eigenvalue weighted by Gasteiger charge is 2.27. The van der Waals surface area contributed by atoms with Crippen molar-refractivity contribution in [1.82, 2.24) is 4.98 Å². The number of nitrogens with zero attached hydrogens (tertiary/aromatic N) is 1. The van der Waals surface area contributed by atoms with E-state index in [1.807, 2.05) is 18.2 Å². The number of hydrogen-bond acceptors (Lipinski definition) is 3. The molecule has 2 aromatic rings. The van der Waals surface area contributed by atoms with Crippen LogP contribution in [0.2, 0.25) is 0 Å². The lowest BCUT2D eigenvalue weighted by molar-refractivity contribution is 0.115. The minimum absolute atomic E-state index is 0.00781. The first kappa shape index (κ1) is 12.5. The van der Waals surface area contributed by atoms with Crippen LogP contribution in [0.15, 0.2) is 24.3 Å². The summed E-state index contributed by atoms with van der Waals surface area (Å²) in [6, 6.07) is 8.22. The van der Waals surface area contributed by atoms with Gasteiger partial charge in [0, 0.05) is 13.0 Å². The molecule has 0 bridgehead atoms. The zero-order valence-corrected chi connectivity index (χ0v) is 11.3. The number of para-hydroxylation sites is 1. The molecule has 1 aromatic heterocycles. The van der Waals surface area contributed by atoms with Crippen LogP contribution in [-0.4, -0.2) is 16.7 Å². The Morgan fingerprint density at radius 1 is 1.24 bits per heavy atom. The lowest BCUT2D eigenvalue weighted by atomic mass is 9.80. The smallest absolute Gasteiger partial charge is 0.0945 e. The number of aliphatic hydroxyl groups is 1. The Balaban J connectivity index is 2.28. The van der Waals surface area contributed by atoms with E-state index in [-0.39, 0.29) is 12.0 Å². The fourth-order valence-electron chi connectivity index (χ4n) is 2.10. The van der Waals surface area contributed by atoms with Crippen LogP contribution in [0.3, 0.4) is 0 Å². The van der Waals surface area contributed by atoms with Gasteiger partial charge in [0.2, 0.25) is 0 Å². The SMILES string of the molecule is CCC(CC)(CO)Cc1nc2ccccc2s1. The first-order chi connectivity index (χ1) is 8.23. The van der Waals surface area contributed by atoms with Crippen molar-refractivity contribution in [1.29, 1.82) is 0 Å². The maximum absolute atomic E-state index is 9.59. The minimum atomic E-state index is 0.00781. The van der Waals surface area contributed by atoms with E-state index in [1.54, 1.807) is 11.3 Å². The average molecular weight is 249 g/mol. The molecule has 2 rings (SSSR count). The third-order valence-corrected chi connectivity index (χ3v) is 4.74. The van der Waals surface area contributed by atoms with Crippen molar-refractivity contribution in [3.8, 4) is 0 Å². The monoisotopic (exact) mass is 249 g/mol. The van der Waals surface area contributed by atoms with Crippen molar-refractivity contribution < 1.29 is 5.11 Å². The molecule has 0 aliphatic rings. The van der Waals surface area contributed by atoms with E-state index < -0.39 is 0 Å². The summed E-state index contributed by atoms with van der Waals surface area (Å²) < 4.78 is 1.24. The molecule has 0 saturated heterocycles. The summed E-state index contributed by atoms with van der Waals surface area (Å²) in [7, 11) is 0. The van der Waals surface area contributed by atoms with Gasteiger partial charge in [0.05, 0.1) is 15.2 Å². The van der Waals surface area contributed by atoms with Gasteiger partial charge in [0.1, 0.15) is 0 Å². The summed E-state index contributed by atoms with van der Waals surface area (Å²) in [5, 5.41) is 10.7. The lowest BCUT2D eigenvalue weighted by Crippen LogP contribution is -2.26. The summed E-state index contributed by atoms with van der Waals surface area (Å²) in [5.41, 5.74) is 1.08. The summed E-state index contributed by atoms with van der Waals surface area (Å²) in [5.74, 6) is 0. The molecule has 1 N–H and O–H groups in total. The Kier molecular flexibility index (Phi) is 3.79. The topological polar surface area (TPSA) is 33.1 Å². The van der Waals surface area contributed by atoms with Crippen molar-refractivity contribution >= 4 is 21.6 Å². The van der Waals surface area contributed by atoms with Gasteiger partial charge in [0.25, 0.3) is 0 Å². The van der Waals surface area contributed by atoms with E-state index in [2.05, 4.69) is 24.9 Å². The quantitative estimate of drug-likeness (QED) is 0.877. The Morgan fingerprint density at radius 2 is 1.94 bits per heavy atom. The van der Waals surface area contributed by atoms with E-state index in [9.17, 15) is 5.11 Å². The van der Waals surface area contributed by atoms with Gasteiger partial charge in [0.15, 0.2) is 0 Å². The van der Waals surface area contributed by atoms with Crippen molar-refractivity contribution in [3.63, 3.8) is 0 Å². The summed E-state index contributed by atoms with van der Waals surface area (Å²) in [4.78, 5) is 4.65. The highest BCUT2D eigenvalue weighted by atomic mass is 32.1. The van der Waals surface area contributed by atoms with Gasteiger partial charge < -0.3 is 5.11 Å². The van der Waals surface area contributed by atoms with Crippen LogP contribution in [-0.2, 0) is 6.42 Å². The second-order valence-electron chi connectivity index (χ2n) is 4.62. The van der Waals surface area contributed by atoms with Crippen LogP contribution in [0.25, 0.3) is 10.2 Å². The molecule has 0 atom stereocenters. The normalized spacial score (nSPS) is 12.2. The van der Waals surface area contributed by atoms with Crippen molar-refractivity contribution in [3.05, 3.63) is 29.3 Å². The molecule has 0 unspecified atom stereocenters. The highest BCUT2D eigenvalue weighted by molar-refractivity contribution is 7.18. The van der Waals surface area contributed by atoms with Crippen molar-refractivity contribution in [2.75, 3.05) is 6.61 Å². The molecule has 0 fully saturated rings. The molecule has 3 heteroatoms. The Labute approximate surface area is 106 Å². The number of hydrogen-bond donors (Lipinski definition) is 1. The maximum Gasteiger partial charge on any atom is 0.0945 e. The molecule has 0 aliphatic heterocycles. The summed E-state index contributed by atoms with van der Waals surface area (Å²) in [6.07, 6.45) is 2.88. The summed E-state index contributed by atoms with van der Waals surface area (Å²) in [6.45, 7) is 4.54. The van der Waals surface area contributed by atoms with E-state index in [0.29, 0.717) is 0 Å². The van der Waals surface area contributed by atoms with Crippen LogP contribution in [0.4, 0.5) is 0 Å². The van der Waals surface area contributed by atoms with Gasteiger partial charge in [-0.25, -0.2) is 4.98 Å². The maximum atomic E-state index is 9.59. The first-order valence-corrected chi connectivity index (χ1v) is 7.00.